The van der Waals surface area contributed by atoms with E-state index in [1.807, 2.05) is 0 Å². The van der Waals surface area contributed by atoms with Gasteiger partial charge in [-0.05, 0) is 171 Å². The van der Waals surface area contributed by atoms with E-state index in [-0.39, 0.29) is 21.7 Å². The Kier molecular flexibility index (Phi) is 13.6. The molecule has 12 rings (SSSR count). The van der Waals surface area contributed by atoms with Gasteiger partial charge in [-0.25, -0.2) is 0 Å². The average molecular weight is 1070 g/mol. The average Bonchev–Trinajstić information content (AvgIpc) is 3.54. The van der Waals surface area contributed by atoms with Crippen LogP contribution in [0.1, 0.15) is 105 Å². The van der Waals surface area contributed by atoms with Crippen LogP contribution in [-0.4, -0.2) is 0 Å². The van der Waals surface area contributed by atoms with E-state index in [9.17, 15) is 0 Å². The number of rotatable bonds is 10. The first-order valence-electron chi connectivity index (χ1n) is 29.3. The minimum atomic E-state index is -0.00901. The molecule has 0 N–H and O–H groups in total. The molecule has 0 heterocycles. The third-order valence-corrected chi connectivity index (χ3v) is 16.8. The zero-order valence-corrected chi connectivity index (χ0v) is 50.0. The topological polar surface area (TPSA) is 6.48 Å². The summed E-state index contributed by atoms with van der Waals surface area (Å²) in [5.74, 6) is 0. The van der Waals surface area contributed by atoms with Gasteiger partial charge in [-0.1, -0.05) is 265 Å². The van der Waals surface area contributed by atoms with Crippen LogP contribution in [0.4, 0.5) is 34.1 Å². The SMILES string of the molecule is CC(C)(C)c1cc(-c2cccc(N(c3ccc(-c4ccccc4)cc3)c3ccc4ccc5c(N(c6ccc(-c7ccccc7)cc6)c6cccc(-c7cc(C(C)(C)C)cc(C(C)(C)C)c7)c6)ccc6ccc3c4c65)c2)cc(C(C)(C)C)c1. The zero-order chi connectivity index (χ0) is 57.3. The summed E-state index contributed by atoms with van der Waals surface area (Å²) >= 11 is 0. The van der Waals surface area contributed by atoms with Crippen LogP contribution < -0.4 is 9.80 Å². The predicted octanol–water partition coefficient (Wildman–Crippen LogP) is 23.4. The summed E-state index contributed by atoms with van der Waals surface area (Å²) in [6, 6.07) is 91.2. The Morgan fingerprint density at radius 2 is 0.524 bits per heavy atom. The highest BCUT2D eigenvalue weighted by Crippen LogP contribution is 2.49. The van der Waals surface area contributed by atoms with E-state index in [1.165, 1.54) is 99.1 Å². The van der Waals surface area contributed by atoms with Crippen molar-refractivity contribution in [2.45, 2.75) is 105 Å². The van der Waals surface area contributed by atoms with Crippen LogP contribution in [0.25, 0.3) is 76.8 Å². The molecule has 0 aliphatic carbocycles. The molecule has 0 saturated carbocycles. The summed E-state index contributed by atoms with van der Waals surface area (Å²) in [6.45, 7) is 27.8. The highest BCUT2D eigenvalue weighted by Gasteiger charge is 2.26. The van der Waals surface area contributed by atoms with Crippen molar-refractivity contribution in [1.29, 1.82) is 0 Å². The summed E-state index contributed by atoms with van der Waals surface area (Å²) in [6.07, 6.45) is 0. The Hall–Kier alpha value is -8.72. The van der Waals surface area contributed by atoms with Crippen LogP contribution in [0, 0.1) is 0 Å². The lowest BCUT2D eigenvalue weighted by atomic mass is 9.79. The Morgan fingerprint density at radius 1 is 0.220 bits per heavy atom. The maximum atomic E-state index is 2.48. The van der Waals surface area contributed by atoms with E-state index in [4.69, 9.17) is 0 Å². The first-order valence-corrected chi connectivity index (χ1v) is 29.3. The highest BCUT2D eigenvalue weighted by atomic mass is 15.1. The highest BCUT2D eigenvalue weighted by molar-refractivity contribution is 6.28. The van der Waals surface area contributed by atoms with E-state index in [1.54, 1.807) is 0 Å². The van der Waals surface area contributed by atoms with E-state index in [0.29, 0.717) is 0 Å². The number of hydrogen-bond donors (Lipinski definition) is 0. The van der Waals surface area contributed by atoms with Gasteiger partial charge in [0.25, 0.3) is 0 Å². The second-order valence-corrected chi connectivity index (χ2v) is 26.8. The fraction of sp³-hybridized carbons (Fsp3) is 0.200. The lowest BCUT2D eigenvalue weighted by Crippen LogP contribution is -2.16. The molecule has 0 saturated heterocycles. The van der Waals surface area contributed by atoms with Gasteiger partial charge in [0.2, 0.25) is 0 Å². The number of hydrogen-bond acceptors (Lipinski definition) is 2. The molecule has 0 spiro atoms. The van der Waals surface area contributed by atoms with Crippen molar-refractivity contribution in [2.75, 3.05) is 9.80 Å². The molecular formula is C80H76N2. The first kappa shape index (κ1) is 53.9. The smallest absolute Gasteiger partial charge is 0.0540 e. The fourth-order valence-electron chi connectivity index (χ4n) is 11.9. The van der Waals surface area contributed by atoms with Crippen LogP contribution in [0.15, 0.2) is 243 Å². The number of benzene rings is 12. The Balaban J connectivity index is 1.06. The molecule has 82 heavy (non-hydrogen) atoms. The van der Waals surface area contributed by atoms with Crippen molar-refractivity contribution in [2.24, 2.45) is 0 Å². The number of anilines is 6. The van der Waals surface area contributed by atoms with Gasteiger partial charge < -0.3 is 9.80 Å². The van der Waals surface area contributed by atoms with E-state index < -0.39 is 0 Å². The fourth-order valence-corrected chi connectivity index (χ4v) is 11.9. The minimum absolute atomic E-state index is 0.00901. The normalized spacial score (nSPS) is 12.4. The lowest BCUT2D eigenvalue weighted by Gasteiger charge is -2.30. The van der Waals surface area contributed by atoms with Crippen LogP contribution in [0.3, 0.4) is 0 Å². The maximum absolute atomic E-state index is 2.48. The van der Waals surface area contributed by atoms with Crippen molar-refractivity contribution in [3.05, 3.63) is 265 Å². The van der Waals surface area contributed by atoms with E-state index >= 15 is 0 Å². The standard InChI is InChI=1S/C80H76N2/c1-77(2,3)63-45-61(46-64(51-63)78(4,5)6)59-25-19-27-69(49-59)81(67-37-29-55(30-38-67)53-21-15-13-16-22-53)73-43-35-57-34-42-72-74(44-36-58-33-41-71(73)75(57)76(58)72)82(68-39-31-56(32-40-68)54-23-17-14-18-24-54)70-28-20-26-60(50-70)62-47-65(79(7,8)9)52-66(48-62)80(10,11)12/h13-52H,1-12H3. The Labute approximate surface area is 487 Å². The molecule has 12 aromatic carbocycles. The van der Waals surface area contributed by atoms with Crippen molar-refractivity contribution in [3.63, 3.8) is 0 Å². The quantitative estimate of drug-likeness (QED) is 0.126. The Morgan fingerprint density at radius 3 is 0.854 bits per heavy atom. The first-order chi connectivity index (χ1) is 39.2. The molecule has 0 unspecified atom stereocenters. The maximum Gasteiger partial charge on any atom is 0.0540 e. The van der Waals surface area contributed by atoms with Crippen molar-refractivity contribution < 1.29 is 0 Å². The minimum Gasteiger partial charge on any atom is -0.310 e. The zero-order valence-electron chi connectivity index (χ0n) is 50.0. The predicted molar refractivity (Wildman–Crippen MR) is 356 cm³/mol. The lowest BCUT2D eigenvalue weighted by molar-refractivity contribution is 0.568. The molecule has 0 atom stereocenters. The molecule has 0 aliphatic heterocycles. The van der Waals surface area contributed by atoms with Gasteiger partial charge in [0.1, 0.15) is 0 Å². The molecule has 2 heteroatoms. The van der Waals surface area contributed by atoms with Gasteiger partial charge >= 0.3 is 0 Å². The molecule has 12 aromatic rings. The summed E-state index contributed by atoms with van der Waals surface area (Å²) in [4.78, 5) is 4.96. The van der Waals surface area contributed by atoms with Gasteiger partial charge in [0.05, 0.1) is 11.4 Å². The van der Waals surface area contributed by atoms with Crippen LogP contribution in [0.2, 0.25) is 0 Å². The summed E-state index contributed by atoms with van der Waals surface area (Å²) in [5.41, 5.74) is 21.6. The van der Waals surface area contributed by atoms with Gasteiger partial charge in [0.15, 0.2) is 0 Å². The third-order valence-electron chi connectivity index (χ3n) is 16.8. The summed E-state index contributed by atoms with van der Waals surface area (Å²) in [5, 5.41) is 7.33. The molecule has 0 radical (unpaired) electrons. The molecule has 0 bridgehead atoms. The van der Waals surface area contributed by atoms with Gasteiger partial charge in [-0.3, -0.25) is 0 Å². The van der Waals surface area contributed by atoms with Gasteiger partial charge in [-0.15, -0.1) is 0 Å². The molecule has 0 amide bonds. The van der Waals surface area contributed by atoms with Gasteiger partial charge in [0, 0.05) is 33.5 Å². The van der Waals surface area contributed by atoms with Gasteiger partial charge in [-0.2, -0.15) is 0 Å². The second kappa shape index (κ2) is 20.7. The monoisotopic (exact) mass is 1060 g/mol. The molecule has 2 nitrogen and oxygen atoms in total. The molecule has 0 aromatic heterocycles. The summed E-state index contributed by atoms with van der Waals surface area (Å²) < 4.78 is 0. The van der Waals surface area contributed by atoms with E-state index in [0.717, 1.165) is 34.1 Å². The number of nitrogens with zero attached hydrogens (tertiary/aromatic N) is 2. The van der Waals surface area contributed by atoms with Crippen LogP contribution >= 0.6 is 0 Å². The van der Waals surface area contributed by atoms with E-state index in [2.05, 4.69) is 336 Å². The summed E-state index contributed by atoms with van der Waals surface area (Å²) in [7, 11) is 0. The van der Waals surface area contributed by atoms with Crippen molar-refractivity contribution in [1.82, 2.24) is 0 Å². The molecule has 406 valence electrons. The van der Waals surface area contributed by atoms with Crippen molar-refractivity contribution in [3.8, 4) is 44.5 Å². The van der Waals surface area contributed by atoms with Crippen LogP contribution in [0.5, 0.6) is 0 Å². The molecular weight excluding hydrogens is 989 g/mol. The third kappa shape index (κ3) is 10.5. The Bertz CT molecular complexity index is 3930. The molecule has 0 aliphatic rings. The van der Waals surface area contributed by atoms with Crippen LogP contribution in [-0.2, 0) is 21.7 Å². The van der Waals surface area contributed by atoms with Crippen molar-refractivity contribution >= 4 is 66.4 Å². The largest absolute Gasteiger partial charge is 0.310 e. The second-order valence-electron chi connectivity index (χ2n) is 26.8. The molecule has 0 fully saturated rings.